The van der Waals surface area contributed by atoms with E-state index in [0.29, 0.717) is 17.8 Å². The van der Waals surface area contributed by atoms with Crippen LogP contribution >= 0.6 is 0 Å². The van der Waals surface area contributed by atoms with E-state index in [1.165, 1.54) is 0 Å². The summed E-state index contributed by atoms with van der Waals surface area (Å²) in [6, 6.07) is 13.3. The zero-order valence-electron chi connectivity index (χ0n) is 16.7. The number of hydrogen-bond acceptors (Lipinski definition) is 3. The van der Waals surface area contributed by atoms with Gasteiger partial charge in [0.1, 0.15) is 11.3 Å². The van der Waals surface area contributed by atoms with Crippen molar-refractivity contribution in [2.24, 2.45) is 0 Å². The van der Waals surface area contributed by atoms with Crippen LogP contribution in [-0.2, 0) is 0 Å². The lowest BCUT2D eigenvalue weighted by molar-refractivity contribution is 0.0596. The van der Waals surface area contributed by atoms with Crippen molar-refractivity contribution in [3.8, 4) is 0 Å². The first kappa shape index (κ1) is 19.2. The van der Waals surface area contributed by atoms with Crippen molar-refractivity contribution in [2.45, 2.75) is 38.6 Å². The average molecular weight is 390 g/mol. The predicted octanol–water partition coefficient (Wildman–Crippen LogP) is 3.46. The van der Waals surface area contributed by atoms with Crippen LogP contribution in [0.25, 0.3) is 5.65 Å². The molecule has 1 fully saturated rings. The van der Waals surface area contributed by atoms with Crippen LogP contribution in [0, 0.1) is 6.92 Å². The first-order chi connectivity index (χ1) is 14.1. The van der Waals surface area contributed by atoms with Crippen LogP contribution in [0.4, 0.5) is 0 Å². The molecule has 0 bridgehead atoms. The Morgan fingerprint density at radius 3 is 2.76 bits per heavy atom. The molecule has 0 spiro atoms. The zero-order chi connectivity index (χ0) is 20.2. The molecule has 150 valence electrons. The molecule has 1 aliphatic rings. The Kier molecular flexibility index (Phi) is 5.60. The van der Waals surface area contributed by atoms with Crippen LogP contribution in [0.3, 0.4) is 0 Å². The third-order valence-electron chi connectivity index (χ3n) is 5.58. The number of amides is 2. The van der Waals surface area contributed by atoms with E-state index in [0.717, 1.165) is 43.4 Å². The van der Waals surface area contributed by atoms with Crippen molar-refractivity contribution in [3.05, 3.63) is 71.7 Å². The zero-order valence-corrected chi connectivity index (χ0v) is 16.7. The van der Waals surface area contributed by atoms with Crippen molar-refractivity contribution in [1.82, 2.24) is 19.6 Å². The number of hydrogen-bond donors (Lipinski definition) is 1. The Bertz CT molecular complexity index is 1010. The lowest BCUT2D eigenvalue weighted by atomic mass is 9.98. The summed E-state index contributed by atoms with van der Waals surface area (Å²) in [5, 5.41) is 2.98. The summed E-state index contributed by atoms with van der Waals surface area (Å²) in [6.45, 7) is 3.28. The number of nitrogens with zero attached hydrogens (tertiary/aromatic N) is 3. The van der Waals surface area contributed by atoms with E-state index < -0.39 is 0 Å². The number of piperidine rings is 1. The molecule has 0 saturated carbocycles. The Labute approximate surface area is 170 Å². The fraction of sp³-hybridized carbons (Fsp3) is 0.348. The molecule has 6 nitrogen and oxygen atoms in total. The highest BCUT2D eigenvalue weighted by atomic mass is 16.2. The summed E-state index contributed by atoms with van der Waals surface area (Å²) in [5.74, 6) is -0.0951. The molecule has 1 atom stereocenters. The van der Waals surface area contributed by atoms with Crippen molar-refractivity contribution < 1.29 is 9.59 Å². The highest BCUT2D eigenvalue weighted by Crippen LogP contribution is 2.22. The molecular formula is C23H26N4O2. The molecule has 3 aromatic rings. The number of pyridine rings is 1. The van der Waals surface area contributed by atoms with Gasteiger partial charge >= 0.3 is 0 Å². The number of likely N-dealkylation sites (tertiary alicyclic amines) is 1. The number of carbonyl (C=O) groups excluding carboxylic acids is 2. The molecule has 0 aliphatic carbocycles. The molecule has 3 heterocycles. The van der Waals surface area contributed by atoms with Crippen LogP contribution in [0.15, 0.2) is 54.9 Å². The number of benzene rings is 1. The number of imidazole rings is 1. The van der Waals surface area contributed by atoms with E-state index in [2.05, 4.69) is 10.3 Å². The second kappa shape index (κ2) is 8.47. The largest absolute Gasteiger partial charge is 0.352 e. The van der Waals surface area contributed by atoms with Gasteiger partial charge in [-0.05, 0) is 56.4 Å². The highest BCUT2D eigenvalue weighted by molar-refractivity contribution is 5.94. The quantitative estimate of drug-likeness (QED) is 0.726. The molecule has 1 unspecified atom stereocenters. The second-order valence-corrected chi connectivity index (χ2v) is 7.61. The lowest BCUT2D eigenvalue weighted by Crippen LogP contribution is -2.45. The fourth-order valence-electron chi connectivity index (χ4n) is 4.02. The molecule has 1 N–H and O–H groups in total. The van der Waals surface area contributed by atoms with E-state index >= 15 is 0 Å². The van der Waals surface area contributed by atoms with Crippen LogP contribution in [0.2, 0.25) is 0 Å². The van der Waals surface area contributed by atoms with Gasteiger partial charge in [-0.15, -0.1) is 0 Å². The molecule has 2 aromatic heterocycles. The molecule has 1 aliphatic heterocycles. The molecule has 29 heavy (non-hydrogen) atoms. The maximum Gasteiger partial charge on any atom is 0.274 e. The number of nitrogens with one attached hydrogen (secondary N) is 1. The van der Waals surface area contributed by atoms with Crippen molar-refractivity contribution in [1.29, 1.82) is 0 Å². The van der Waals surface area contributed by atoms with E-state index in [1.807, 2.05) is 58.9 Å². The van der Waals surface area contributed by atoms with Crippen molar-refractivity contribution in [2.75, 3.05) is 13.1 Å². The standard InChI is InChI=1S/C23H26N4O2/c1-17-8-7-14-26-16-20(25-21(17)26)23(29)27-15-6-5-11-19(27)12-13-24-22(28)18-9-3-2-4-10-18/h2-4,7-10,14,16,19H,5-6,11-13,15H2,1H3,(H,24,28). The Morgan fingerprint density at radius 1 is 1.14 bits per heavy atom. The molecule has 1 saturated heterocycles. The van der Waals surface area contributed by atoms with Gasteiger partial charge in [0.2, 0.25) is 0 Å². The summed E-state index contributed by atoms with van der Waals surface area (Å²) in [4.78, 5) is 31.9. The first-order valence-electron chi connectivity index (χ1n) is 10.2. The third-order valence-corrected chi connectivity index (χ3v) is 5.58. The maximum absolute atomic E-state index is 13.2. The summed E-state index contributed by atoms with van der Waals surface area (Å²) >= 11 is 0. The molecule has 2 amide bonds. The monoisotopic (exact) mass is 390 g/mol. The van der Waals surface area contributed by atoms with Crippen molar-refractivity contribution >= 4 is 17.5 Å². The Hall–Kier alpha value is -3.15. The number of aromatic nitrogens is 2. The van der Waals surface area contributed by atoms with Crippen LogP contribution < -0.4 is 5.32 Å². The van der Waals surface area contributed by atoms with Crippen molar-refractivity contribution in [3.63, 3.8) is 0 Å². The minimum absolute atomic E-state index is 0.0211. The third kappa shape index (κ3) is 4.16. The number of rotatable bonds is 5. The van der Waals surface area contributed by atoms with Crippen LogP contribution in [-0.4, -0.2) is 45.2 Å². The first-order valence-corrected chi connectivity index (χ1v) is 10.2. The van der Waals surface area contributed by atoms with E-state index in [9.17, 15) is 9.59 Å². The normalized spacial score (nSPS) is 16.7. The maximum atomic E-state index is 13.2. The van der Waals surface area contributed by atoms with Gasteiger partial charge in [0, 0.05) is 37.1 Å². The average Bonchev–Trinajstić information content (AvgIpc) is 3.20. The van der Waals surface area contributed by atoms with Gasteiger partial charge in [-0.2, -0.15) is 0 Å². The van der Waals surface area contributed by atoms with Gasteiger partial charge in [0.15, 0.2) is 0 Å². The van der Waals surface area contributed by atoms with Crippen LogP contribution in [0.1, 0.15) is 52.1 Å². The number of fused-ring (bicyclic) bond motifs is 1. The summed E-state index contributed by atoms with van der Waals surface area (Å²) < 4.78 is 1.90. The van der Waals surface area contributed by atoms with Gasteiger partial charge in [0.25, 0.3) is 11.8 Å². The summed E-state index contributed by atoms with van der Waals surface area (Å²) in [7, 11) is 0. The summed E-state index contributed by atoms with van der Waals surface area (Å²) in [6.07, 6.45) is 7.54. The van der Waals surface area contributed by atoms with Gasteiger partial charge in [-0.1, -0.05) is 24.3 Å². The second-order valence-electron chi connectivity index (χ2n) is 7.61. The summed E-state index contributed by atoms with van der Waals surface area (Å²) in [5.41, 5.74) is 3.01. The minimum atomic E-state index is -0.0740. The molecule has 6 heteroatoms. The SMILES string of the molecule is Cc1cccn2cc(C(=O)N3CCCCC3CCNC(=O)c3ccccc3)nc12. The molecule has 0 radical (unpaired) electrons. The topological polar surface area (TPSA) is 66.7 Å². The van der Waals surface area contributed by atoms with E-state index in [4.69, 9.17) is 0 Å². The van der Waals surface area contributed by atoms with Crippen LogP contribution in [0.5, 0.6) is 0 Å². The Morgan fingerprint density at radius 2 is 1.97 bits per heavy atom. The minimum Gasteiger partial charge on any atom is -0.352 e. The smallest absolute Gasteiger partial charge is 0.274 e. The Balaban J connectivity index is 1.42. The predicted molar refractivity (Wildman–Crippen MR) is 112 cm³/mol. The van der Waals surface area contributed by atoms with Gasteiger partial charge in [-0.25, -0.2) is 4.98 Å². The molecule has 1 aromatic carbocycles. The number of carbonyl (C=O) groups is 2. The van der Waals surface area contributed by atoms with Gasteiger partial charge in [-0.3, -0.25) is 9.59 Å². The van der Waals surface area contributed by atoms with Gasteiger partial charge < -0.3 is 14.6 Å². The highest BCUT2D eigenvalue weighted by Gasteiger charge is 2.28. The molecule has 4 rings (SSSR count). The van der Waals surface area contributed by atoms with Gasteiger partial charge in [0.05, 0.1) is 0 Å². The molecular weight excluding hydrogens is 364 g/mol. The fourth-order valence-corrected chi connectivity index (χ4v) is 4.02. The lowest BCUT2D eigenvalue weighted by Gasteiger charge is -2.35. The van der Waals surface area contributed by atoms with E-state index in [1.54, 1.807) is 12.1 Å². The number of aryl methyl sites for hydroxylation is 1. The van der Waals surface area contributed by atoms with E-state index in [-0.39, 0.29) is 17.9 Å².